The van der Waals surface area contributed by atoms with Gasteiger partial charge in [-0.1, -0.05) is 27.7 Å². The lowest BCUT2D eigenvalue weighted by Gasteiger charge is -2.36. The summed E-state index contributed by atoms with van der Waals surface area (Å²) in [7, 11) is 0. The van der Waals surface area contributed by atoms with Crippen LogP contribution >= 0.6 is 0 Å². The minimum atomic E-state index is -0.298. The third-order valence-electron chi connectivity index (χ3n) is 5.41. The molecule has 1 unspecified atom stereocenters. The minimum absolute atomic E-state index is 0.250. The molecule has 5 nitrogen and oxygen atoms in total. The molecule has 2 heterocycles. The van der Waals surface area contributed by atoms with Crippen molar-refractivity contribution in [1.82, 2.24) is 15.1 Å². The fourth-order valence-electron chi connectivity index (χ4n) is 3.67. The van der Waals surface area contributed by atoms with E-state index in [1.54, 1.807) is 0 Å². The van der Waals surface area contributed by atoms with Crippen LogP contribution in [0.1, 0.15) is 53.4 Å². The van der Waals surface area contributed by atoms with Crippen LogP contribution < -0.4 is 5.32 Å². The molecule has 24 heavy (non-hydrogen) atoms. The van der Waals surface area contributed by atoms with E-state index in [0.29, 0.717) is 12.6 Å². The largest absolute Gasteiger partial charge is 0.390 e. The summed E-state index contributed by atoms with van der Waals surface area (Å²) in [4.78, 5) is 16.7. The summed E-state index contributed by atoms with van der Waals surface area (Å²) >= 11 is 0. The second kappa shape index (κ2) is 8.63. The van der Waals surface area contributed by atoms with E-state index < -0.39 is 0 Å². The molecule has 140 valence electrons. The molecule has 0 saturated carbocycles. The molecule has 0 aromatic heterocycles. The highest BCUT2D eigenvalue weighted by molar-refractivity contribution is 5.81. The van der Waals surface area contributed by atoms with Crippen LogP contribution in [0.2, 0.25) is 0 Å². The molecule has 1 amide bonds. The zero-order chi connectivity index (χ0) is 17.7. The summed E-state index contributed by atoms with van der Waals surface area (Å²) in [5, 5.41) is 13.8. The first-order valence-electron chi connectivity index (χ1n) is 9.69. The Morgan fingerprint density at radius 2 is 1.71 bits per heavy atom. The number of amides is 1. The van der Waals surface area contributed by atoms with Crippen LogP contribution in [-0.4, -0.2) is 72.2 Å². The van der Waals surface area contributed by atoms with Gasteiger partial charge in [0, 0.05) is 37.6 Å². The van der Waals surface area contributed by atoms with Gasteiger partial charge in [0.25, 0.3) is 0 Å². The van der Waals surface area contributed by atoms with Gasteiger partial charge in [0.2, 0.25) is 5.91 Å². The SMILES string of the molecule is CC1CCN(CC(O)CNC2CCN(C(=O)C(C)(C)C)CC2)CC1. The molecule has 0 aromatic rings. The van der Waals surface area contributed by atoms with Crippen LogP contribution in [0.4, 0.5) is 0 Å². The number of nitrogens with one attached hydrogen (secondary N) is 1. The van der Waals surface area contributed by atoms with E-state index >= 15 is 0 Å². The maximum absolute atomic E-state index is 12.3. The summed E-state index contributed by atoms with van der Waals surface area (Å²) in [5.74, 6) is 1.08. The molecule has 0 aliphatic carbocycles. The molecule has 0 spiro atoms. The molecule has 2 aliphatic heterocycles. The number of aliphatic hydroxyl groups excluding tert-OH is 1. The van der Waals surface area contributed by atoms with Crippen molar-refractivity contribution in [2.75, 3.05) is 39.3 Å². The molecule has 2 saturated heterocycles. The Balaban J connectivity index is 1.63. The van der Waals surface area contributed by atoms with E-state index in [1.165, 1.54) is 12.8 Å². The number of piperidine rings is 2. The Labute approximate surface area is 147 Å². The van der Waals surface area contributed by atoms with Crippen molar-refractivity contribution in [3.05, 3.63) is 0 Å². The molecule has 2 fully saturated rings. The number of rotatable bonds is 5. The number of likely N-dealkylation sites (tertiary alicyclic amines) is 2. The van der Waals surface area contributed by atoms with Crippen LogP contribution in [0.25, 0.3) is 0 Å². The zero-order valence-corrected chi connectivity index (χ0v) is 16.1. The summed E-state index contributed by atoms with van der Waals surface area (Å²) in [6.07, 6.45) is 4.17. The van der Waals surface area contributed by atoms with Gasteiger partial charge in [-0.15, -0.1) is 0 Å². The summed E-state index contributed by atoms with van der Waals surface area (Å²) in [6, 6.07) is 0.421. The van der Waals surface area contributed by atoms with Crippen LogP contribution in [0.15, 0.2) is 0 Å². The topological polar surface area (TPSA) is 55.8 Å². The predicted molar refractivity (Wildman–Crippen MR) is 97.9 cm³/mol. The highest BCUT2D eigenvalue weighted by Crippen LogP contribution is 2.21. The van der Waals surface area contributed by atoms with E-state index in [0.717, 1.165) is 51.5 Å². The van der Waals surface area contributed by atoms with Crippen molar-refractivity contribution in [1.29, 1.82) is 0 Å². The molecule has 1 atom stereocenters. The van der Waals surface area contributed by atoms with Crippen molar-refractivity contribution in [3.63, 3.8) is 0 Å². The van der Waals surface area contributed by atoms with Crippen molar-refractivity contribution in [3.8, 4) is 0 Å². The summed E-state index contributed by atoms with van der Waals surface area (Å²) < 4.78 is 0. The van der Waals surface area contributed by atoms with Crippen LogP contribution in [0.5, 0.6) is 0 Å². The Morgan fingerprint density at radius 1 is 1.12 bits per heavy atom. The van der Waals surface area contributed by atoms with E-state index in [4.69, 9.17) is 0 Å². The molecule has 2 N–H and O–H groups in total. The summed E-state index contributed by atoms with van der Waals surface area (Å²) in [6.45, 7) is 13.6. The van der Waals surface area contributed by atoms with Gasteiger partial charge in [-0.3, -0.25) is 4.79 Å². The van der Waals surface area contributed by atoms with Gasteiger partial charge in [-0.05, 0) is 44.7 Å². The van der Waals surface area contributed by atoms with Gasteiger partial charge in [-0.2, -0.15) is 0 Å². The average molecular weight is 340 g/mol. The number of carbonyl (C=O) groups is 1. The number of hydrogen-bond acceptors (Lipinski definition) is 4. The maximum Gasteiger partial charge on any atom is 0.227 e. The second-order valence-corrected chi connectivity index (χ2v) is 8.86. The van der Waals surface area contributed by atoms with Crippen molar-refractivity contribution in [2.45, 2.75) is 65.5 Å². The Kier molecular flexibility index (Phi) is 7.08. The lowest BCUT2D eigenvalue weighted by atomic mass is 9.93. The average Bonchev–Trinajstić information content (AvgIpc) is 2.54. The molecule has 0 bridgehead atoms. The van der Waals surface area contributed by atoms with Gasteiger partial charge >= 0.3 is 0 Å². The van der Waals surface area contributed by atoms with Gasteiger partial charge < -0.3 is 20.2 Å². The third-order valence-corrected chi connectivity index (χ3v) is 5.41. The normalized spacial score (nSPS) is 23.5. The summed E-state index contributed by atoms with van der Waals surface area (Å²) in [5.41, 5.74) is -0.289. The first-order chi connectivity index (χ1) is 11.3. The van der Waals surface area contributed by atoms with E-state index in [1.807, 2.05) is 25.7 Å². The lowest BCUT2D eigenvalue weighted by Crippen LogP contribution is -2.50. The first-order valence-corrected chi connectivity index (χ1v) is 9.69. The molecule has 0 radical (unpaired) electrons. The third kappa shape index (κ3) is 6.01. The first kappa shape index (κ1) is 19.7. The molecule has 2 aliphatic rings. The Hall–Kier alpha value is -0.650. The van der Waals surface area contributed by atoms with Gasteiger partial charge in [0.05, 0.1) is 6.10 Å². The fraction of sp³-hybridized carbons (Fsp3) is 0.947. The molecule has 0 aromatic carbocycles. The smallest absolute Gasteiger partial charge is 0.227 e. The van der Waals surface area contributed by atoms with Crippen LogP contribution in [-0.2, 0) is 4.79 Å². The van der Waals surface area contributed by atoms with Crippen LogP contribution in [0.3, 0.4) is 0 Å². The number of hydrogen-bond donors (Lipinski definition) is 2. The number of β-amino-alcohol motifs (C(OH)–C–C–N with tert-alkyl or cyclic N) is 1. The fourth-order valence-corrected chi connectivity index (χ4v) is 3.67. The van der Waals surface area contributed by atoms with Gasteiger partial charge in [0.15, 0.2) is 0 Å². The highest BCUT2D eigenvalue weighted by atomic mass is 16.3. The Bertz CT molecular complexity index is 392. The zero-order valence-electron chi connectivity index (χ0n) is 16.1. The number of nitrogens with zero attached hydrogens (tertiary/aromatic N) is 2. The van der Waals surface area contributed by atoms with Crippen molar-refractivity contribution in [2.24, 2.45) is 11.3 Å². The molecule has 2 rings (SSSR count). The molecule has 5 heteroatoms. The van der Waals surface area contributed by atoms with Crippen molar-refractivity contribution >= 4 is 5.91 Å². The Morgan fingerprint density at radius 3 is 2.25 bits per heavy atom. The monoisotopic (exact) mass is 339 g/mol. The van der Waals surface area contributed by atoms with E-state index in [-0.39, 0.29) is 17.4 Å². The predicted octanol–water partition coefficient (Wildman–Crippen LogP) is 1.71. The minimum Gasteiger partial charge on any atom is -0.390 e. The van der Waals surface area contributed by atoms with E-state index in [9.17, 15) is 9.90 Å². The quantitative estimate of drug-likeness (QED) is 0.801. The van der Waals surface area contributed by atoms with Crippen molar-refractivity contribution < 1.29 is 9.90 Å². The number of aliphatic hydroxyl groups is 1. The van der Waals surface area contributed by atoms with Gasteiger partial charge in [-0.25, -0.2) is 0 Å². The van der Waals surface area contributed by atoms with E-state index in [2.05, 4.69) is 17.1 Å². The van der Waals surface area contributed by atoms with Crippen LogP contribution in [0, 0.1) is 11.3 Å². The molecular weight excluding hydrogens is 302 g/mol. The second-order valence-electron chi connectivity index (χ2n) is 8.86. The highest BCUT2D eigenvalue weighted by Gasteiger charge is 2.30. The molecular formula is C19H37N3O2. The maximum atomic E-state index is 12.3. The standard InChI is InChI=1S/C19H37N3O2/c1-15-5-9-21(10-6-15)14-17(23)13-20-16-7-11-22(12-8-16)18(24)19(2,3)4/h15-17,20,23H,5-14H2,1-4H3. The lowest BCUT2D eigenvalue weighted by molar-refractivity contribution is -0.140. The number of carbonyl (C=O) groups excluding carboxylic acids is 1. The van der Waals surface area contributed by atoms with Gasteiger partial charge in [0.1, 0.15) is 0 Å².